The van der Waals surface area contributed by atoms with Crippen molar-refractivity contribution in [1.82, 2.24) is 0 Å². The van der Waals surface area contributed by atoms with E-state index in [0.29, 0.717) is 0 Å². The van der Waals surface area contributed by atoms with E-state index >= 15 is 0 Å². The summed E-state index contributed by atoms with van der Waals surface area (Å²) in [5.41, 5.74) is 0. The molecule has 0 heterocycles. The fourth-order valence-corrected chi connectivity index (χ4v) is 2.41. The van der Waals surface area contributed by atoms with E-state index in [9.17, 15) is 0 Å². The van der Waals surface area contributed by atoms with Gasteiger partial charge in [-0.1, -0.05) is 36.4 Å². The third-order valence-corrected chi connectivity index (χ3v) is 3.34. The summed E-state index contributed by atoms with van der Waals surface area (Å²) in [6, 6.07) is 15.1. The summed E-state index contributed by atoms with van der Waals surface area (Å²) in [4.78, 5) is 1.34. The van der Waals surface area contributed by atoms with Crippen LogP contribution in [0, 0.1) is 0 Å². The van der Waals surface area contributed by atoms with E-state index in [2.05, 4.69) is 49.0 Å². The third-order valence-electron chi connectivity index (χ3n) is 2.31. The Balaban J connectivity index is 2.19. The first-order valence-electron chi connectivity index (χ1n) is 5.12. The Morgan fingerprint density at radius 1 is 1.07 bits per heavy atom. The molecule has 2 aromatic carbocycles. The first kappa shape index (κ1) is 10.3. The molecule has 0 bridgehead atoms. The summed E-state index contributed by atoms with van der Waals surface area (Å²) in [5.74, 6) is 1.11. The van der Waals surface area contributed by atoms with Crippen molar-refractivity contribution in [3.63, 3.8) is 0 Å². The van der Waals surface area contributed by atoms with Crippen LogP contribution in [0.25, 0.3) is 10.8 Å². The van der Waals surface area contributed by atoms with Crippen LogP contribution in [0.5, 0.6) is 0 Å². The van der Waals surface area contributed by atoms with Gasteiger partial charge in [0.2, 0.25) is 0 Å². The number of rotatable bonds is 4. The van der Waals surface area contributed by atoms with Crippen LogP contribution in [0.4, 0.5) is 0 Å². The standard InChI is InChI=1S/C14H14S/c1-2-3-10-15-14-9-8-12-6-4-5-7-13(12)11-14/h2,4-9,11H,1,3,10H2. The molecule has 0 N–H and O–H groups in total. The van der Waals surface area contributed by atoms with E-state index in [1.54, 1.807) is 0 Å². The molecular weight excluding hydrogens is 200 g/mol. The van der Waals surface area contributed by atoms with Gasteiger partial charge in [0.1, 0.15) is 0 Å². The van der Waals surface area contributed by atoms with Gasteiger partial charge in [0, 0.05) is 10.6 Å². The minimum absolute atomic E-state index is 1.07. The van der Waals surface area contributed by atoms with Crippen LogP contribution in [0.15, 0.2) is 60.0 Å². The van der Waals surface area contributed by atoms with Crippen LogP contribution in [0.2, 0.25) is 0 Å². The van der Waals surface area contributed by atoms with Crippen molar-refractivity contribution in [3.05, 3.63) is 55.1 Å². The van der Waals surface area contributed by atoms with Crippen LogP contribution in [-0.4, -0.2) is 5.75 Å². The highest BCUT2D eigenvalue weighted by Gasteiger charge is 1.95. The van der Waals surface area contributed by atoms with Gasteiger partial charge in [-0.3, -0.25) is 0 Å². The molecule has 0 nitrogen and oxygen atoms in total. The SMILES string of the molecule is C=CCCSc1ccc2ccccc2c1. The summed E-state index contributed by atoms with van der Waals surface area (Å²) in [6.07, 6.45) is 3.03. The van der Waals surface area contributed by atoms with Crippen molar-refractivity contribution in [1.29, 1.82) is 0 Å². The predicted octanol–water partition coefficient (Wildman–Crippen LogP) is 4.51. The smallest absolute Gasteiger partial charge is 0.00784 e. The van der Waals surface area contributed by atoms with Crippen molar-refractivity contribution in [2.24, 2.45) is 0 Å². The number of fused-ring (bicyclic) bond motifs is 1. The molecule has 0 aliphatic carbocycles. The molecule has 2 rings (SSSR count). The number of benzene rings is 2. The minimum atomic E-state index is 1.07. The quantitative estimate of drug-likeness (QED) is 0.410. The summed E-state index contributed by atoms with van der Waals surface area (Å²) in [5, 5.41) is 2.63. The van der Waals surface area contributed by atoms with E-state index in [0.717, 1.165) is 12.2 Å². The molecule has 0 saturated carbocycles. The highest BCUT2D eigenvalue weighted by Crippen LogP contribution is 2.23. The first-order chi connectivity index (χ1) is 7.40. The summed E-state index contributed by atoms with van der Waals surface area (Å²) < 4.78 is 0. The van der Waals surface area contributed by atoms with Crippen molar-refractivity contribution in [2.75, 3.05) is 5.75 Å². The van der Waals surface area contributed by atoms with Gasteiger partial charge in [0.05, 0.1) is 0 Å². The van der Waals surface area contributed by atoms with Crippen molar-refractivity contribution in [3.8, 4) is 0 Å². The third kappa shape index (κ3) is 2.63. The Morgan fingerprint density at radius 3 is 2.67 bits per heavy atom. The highest BCUT2D eigenvalue weighted by atomic mass is 32.2. The molecule has 0 saturated heterocycles. The number of hydrogen-bond donors (Lipinski definition) is 0. The molecule has 0 aliphatic rings. The molecule has 0 fully saturated rings. The Bertz CT molecular complexity index is 460. The second kappa shape index (κ2) is 5.04. The van der Waals surface area contributed by atoms with Crippen molar-refractivity contribution in [2.45, 2.75) is 11.3 Å². The Kier molecular flexibility index (Phi) is 3.46. The lowest BCUT2D eigenvalue weighted by Gasteiger charge is -2.02. The molecular formula is C14H14S. The minimum Gasteiger partial charge on any atom is -0.126 e. The maximum atomic E-state index is 3.73. The first-order valence-corrected chi connectivity index (χ1v) is 6.11. The van der Waals surface area contributed by atoms with Gasteiger partial charge in [0.25, 0.3) is 0 Å². The lowest BCUT2D eigenvalue weighted by molar-refractivity contribution is 1.25. The second-order valence-electron chi connectivity index (χ2n) is 3.43. The Hall–Kier alpha value is -1.21. The molecule has 2 aromatic rings. The zero-order valence-electron chi connectivity index (χ0n) is 8.65. The average molecular weight is 214 g/mol. The zero-order valence-corrected chi connectivity index (χ0v) is 9.46. The largest absolute Gasteiger partial charge is 0.126 e. The number of allylic oxidation sites excluding steroid dienone is 1. The van der Waals surface area contributed by atoms with Gasteiger partial charge in [-0.2, -0.15) is 0 Å². The van der Waals surface area contributed by atoms with E-state index in [1.807, 2.05) is 17.8 Å². The van der Waals surface area contributed by atoms with Gasteiger partial charge in [-0.05, 0) is 29.3 Å². The van der Waals surface area contributed by atoms with E-state index in [1.165, 1.54) is 15.7 Å². The van der Waals surface area contributed by atoms with Crippen molar-refractivity contribution >= 4 is 22.5 Å². The molecule has 76 valence electrons. The van der Waals surface area contributed by atoms with Crippen LogP contribution in [-0.2, 0) is 0 Å². The van der Waals surface area contributed by atoms with Crippen LogP contribution in [0.1, 0.15) is 6.42 Å². The second-order valence-corrected chi connectivity index (χ2v) is 4.60. The lowest BCUT2D eigenvalue weighted by Crippen LogP contribution is -1.77. The van der Waals surface area contributed by atoms with E-state index in [-0.39, 0.29) is 0 Å². The summed E-state index contributed by atoms with van der Waals surface area (Å²) >= 11 is 1.89. The van der Waals surface area contributed by atoms with Crippen LogP contribution in [0.3, 0.4) is 0 Å². The topological polar surface area (TPSA) is 0 Å². The monoisotopic (exact) mass is 214 g/mol. The maximum absolute atomic E-state index is 3.73. The van der Waals surface area contributed by atoms with E-state index in [4.69, 9.17) is 0 Å². The average Bonchev–Trinajstić information content (AvgIpc) is 2.29. The number of hydrogen-bond acceptors (Lipinski definition) is 1. The summed E-state index contributed by atoms with van der Waals surface area (Å²) in [7, 11) is 0. The number of thioether (sulfide) groups is 1. The van der Waals surface area contributed by atoms with Gasteiger partial charge in [-0.15, -0.1) is 18.3 Å². The van der Waals surface area contributed by atoms with Crippen molar-refractivity contribution < 1.29 is 0 Å². The van der Waals surface area contributed by atoms with E-state index < -0.39 is 0 Å². The molecule has 0 radical (unpaired) electrons. The molecule has 1 heteroatoms. The molecule has 0 spiro atoms. The van der Waals surface area contributed by atoms with Gasteiger partial charge in [-0.25, -0.2) is 0 Å². The zero-order chi connectivity index (χ0) is 10.5. The Morgan fingerprint density at radius 2 is 1.87 bits per heavy atom. The molecule has 0 unspecified atom stereocenters. The van der Waals surface area contributed by atoms with Crippen LogP contribution < -0.4 is 0 Å². The van der Waals surface area contributed by atoms with Gasteiger partial charge < -0.3 is 0 Å². The molecule has 0 atom stereocenters. The lowest BCUT2D eigenvalue weighted by atomic mass is 10.1. The molecule has 0 amide bonds. The predicted molar refractivity (Wildman–Crippen MR) is 69.5 cm³/mol. The van der Waals surface area contributed by atoms with Gasteiger partial charge >= 0.3 is 0 Å². The molecule has 0 aliphatic heterocycles. The fraction of sp³-hybridized carbons (Fsp3) is 0.143. The molecule has 15 heavy (non-hydrogen) atoms. The van der Waals surface area contributed by atoms with Gasteiger partial charge in [0.15, 0.2) is 0 Å². The normalized spacial score (nSPS) is 10.4. The maximum Gasteiger partial charge on any atom is 0.00784 e. The fourth-order valence-electron chi connectivity index (χ4n) is 1.52. The van der Waals surface area contributed by atoms with Crippen LogP contribution >= 0.6 is 11.8 Å². The Labute approximate surface area is 95.0 Å². The summed E-state index contributed by atoms with van der Waals surface area (Å²) in [6.45, 7) is 3.73. The highest BCUT2D eigenvalue weighted by molar-refractivity contribution is 7.99. The molecule has 0 aromatic heterocycles.